The molecule has 0 aromatic carbocycles. The lowest BCUT2D eigenvalue weighted by atomic mass is 9.91. The van der Waals surface area contributed by atoms with Crippen LogP contribution in [0, 0.1) is 0 Å². The average molecular weight is 207 g/mol. The molecular weight excluding hydrogens is 194 g/mol. The van der Waals surface area contributed by atoms with Crippen LogP contribution in [0.2, 0.25) is 0 Å². The van der Waals surface area contributed by atoms with E-state index in [2.05, 4.69) is 0 Å². The van der Waals surface area contributed by atoms with E-state index in [4.69, 9.17) is 14.7 Å². The van der Waals surface area contributed by atoms with Gasteiger partial charge in [0.1, 0.15) is 11.9 Å². The van der Waals surface area contributed by atoms with Gasteiger partial charge in [-0.05, 0) is 13.8 Å². The highest BCUT2D eigenvalue weighted by molar-refractivity contribution is 7.86. The van der Waals surface area contributed by atoms with Crippen LogP contribution in [0.15, 0.2) is 0 Å². The molecule has 0 spiro atoms. The van der Waals surface area contributed by atoms with E-state index in [-0.39, 0.29) is 11.9 Å². The number of hydrogen-bond acceptors (Lipinski definition) is 5. The third-order valence-electron chi connectivity index (χ3n) is 2.72. The van der Waals surface area contributed by atoms with Crippen LogP contribution in [0.5, 0.6) is 0 Å². The Morgan fingerprint density at radius 1 is 1.54 bits per heavy atom. The van der Waals surface area contributed by atoms with Gasteiger partial charge in [-0.2, -0.15) is 8.42 Å². The molecule has 2 aliphatic heterocycles. The van der Waals surface area contributed by atoms with Gasteiger partial charge in [0.25, 0.3) is 10.1 Å². The van der Waals surface area contributed by atoms with Crippen molar-refractivity contribution in [3.63, 3.8) is 0 Å². The first-order chi connectivity index (χ1) is 5.83. The topological polar surface area (TPSA) is 78.6 Å². The Bertz CT molecular complexity index is 323. The maximum absolute atomic E-state index is 11.2. The van der Waals surface area contributed by atoms with Crippen LogP contribution in [-0.4, -0.2) is 38.0 Å². The van der Waals surface area contributed by atoms with Gasteiger partial charge >= 0.3 is 0 Å². The Kier molecular flexibility index (Phi) is 1.76. The molecule has 2 fully saturated rings. The lowest BCUT2D eigenvalue weighted by Crippen LogP contribution is -2.60. The largest absolute Gasteiger partial charge is 0.369 e. The maximum atomic E-state index is 11.2. The molecule has 2 N–H and O–H groups in total. The van der Waals surface area contributed by atoms with Crippen molar-refractivity contribution in [1.82, 2.24) is 0 Å². The summed E-state index contributed by atoms with van der Waals surface area (Å²) in [5, 5.41) is 0. The van der Waals surface area contributed by atoms with Crippen molar-refractivity contribution >= 4 is 10.1 Å². The number of fused-ring (bicyclic) bond motifs is 2. The molecule has 5 nitrogen and oxygen atoms in total. The van der Waals surface area contributed by atoms with Crippen molar-refractivity contribution in [1.29, 1.82) is 0 Å². The molecule has 0 aromatic rings. The zero-order valence-corrected chi connectivity index (χ0v) is 8.37. The number of ether oxygens (including phenoxy) is 1. The summed E-state index contributed by atoms with van der Waals surface area (Å²) >= 11 is 0. The van der Waals surface area contributed by atoms with E-state index in [0.717, 1.165) is 0 Å². The molecule has 2 bridgehead atoms. The van der Waals surface area contributed by atoms with Crippen LogP contribution >= 0.6 is 0 Å². The molecule has 2 heterocycles. The van der Waals surface area contributed by atoms with Gasteiger partial charge in [0.05, 0.1) is 17.7 Å². The molecule has 4 atom stereocenters. The summed E-state index contributed by atoms with van der Waals surface area (Å²) in [6.07, 6.45) is -1.24. The van der Waals surface area contributed by atoms with Crippen molar-refractivity contribution < 1.29 is 17.3 Å². The lowest BCUT2D eigenvalue weighted by molar-refractivity contribution is 0.0492. The first kappa shape index (κ1) is 9.39. The van der Waals surface area contributed by atoms with E-state index in [9.17, 15) is 8.42 Å². The summed E-state index contributed by atoms with van der Waals surface area (Å²) in [7, 11) is -3.43. The average Bonchev–Trinajstić information content (AvgIpc) is 2.15. The monoisotopic (exact) mass is 207 g/mol. The number of nitrogens with two attached hydrogens (primary N) is 1. The molecule has 2 rings (SSSR count). The van der Waals surface area contributed by atoms with Crippen LogP contribution in [0.4, 0.5) is 0 Å². The van der Waals surface area contributed by atoms with Crippen molar-refractivity contribution in [3.8, 4) is 0 Å². The van der Waals surface area contributed by atoms with Gasteiger partial charge in [-0.3, -0.25) is 4.18 Å². The van der Waals surface area contributed by atoms with E-state index >= 15 is 0 Å². The Morgan fingerprint density at radius 2 is 2.15 bits per heavy atom. The predicted molar refractivity (Wildman–Crippen MR) is 45.6 cm³/mol. The van der Waals surface area contributed by atoms with Gasteiger partial charge in [0.15, 0.2) is 0 Å². The second-order valence-electron chi connectivity index (χ2n) is 3.94. The quantitative estimate of drug-likeness (QED) is 0.527. The van der Waals surface area contributed by atoms with Gasteiger partial charge in [0.2, 0.25) is 0 Å². The summed E-state index contributed by atoms with van der Waals surface area (Å²) in [4.78, 5) is 0. The van der Waals surface area contributed by atoms with Crippen LogP contribution in [0.25, 0.3) is 0 Å². The molecule has 0 amide bonds. The fraction of sp³-hybridized carbons (Fsp3) is 1.00. The molecule has 13 heavy (non-hydrogen) atoms. The fourth-order valence-corrected chi connectivity index (χ4v) is 3.52. The predicted octanol–water partition coefficient (Wildman–Crippen LogP) is -0.780. The van der Waals surface area contributed by atoms with Gasteiger partial charge in [0, 0.05) is 0 Å². The van der Waals surface area contributed by atoms with Crippen molar-refractivity contribution in [2.75, 3.05) is 5.75 Å². The van der Waals surface area contributed by atoms with Gasteiger partial charge in [-0.1, -0.05) is 0 Å². The SMILES string of the molecule is CC1OC2CS(=O)(=O)OC1C2(C)N. The molecule has 4 unspecified atom stereocenters. The Labute approximate surface area is 77.3 Å². The molecule has 0 saturated carbocycles. The van der Waals surface area contributed by atoms with E-state index < -0.39 is 27.9 Å². The summed E-state index contributed by atoms with van der Waals surface area (Å²) in [6.45, 7) is 3.54. The highest BCUT2D eigenvalue weighted by Crippen LogP contribution is 2.37. The Hall–Kier alpha value is -0.170. The smallest absolute Gasteiger partial charge is 0.270 e. The van der Waals surface area contributed by atoms with Gasteiger partial charge in [-0.25, -0.2) is 0 Å². The molecule has 0 aliphatic carbocycles. The minimum Gasteiger partial charge on any atom is -0.369 e. The molecule has 0 aromatic heterocycles. The summed E-state index contributed by atoms with van der Waals surface area (Å²) < 4.78 is 32.7. The summed E-state index contributed by atoms with van der Waals surface area (Å²) in [6, 6.07) is 0. The number of rotatable bonds is 0. The fourth-order valence-electron chi connectivity index (χ4n) is 1.95. The molecule has 2 saturated heterocycles. The molecule has 0 radical (unpaired) electrons. The second-order valence-corrected chi connectivity index (χ2v) is 5.58. The van der Waals surface area contributed by atoms with Crippen molar-refractivity contribution in [3.05, 3.63) is 0 Å². The van der Waals surface area contributed by atoms with Gasteiger partial charge < -0.3 is 10.5 Å². The normalized spacial score (nSPS) is 53.6. The second kappa shape index (κ2) is 2.44. The Balaban J connectivity index is 2.38. The minimum absolute atomic E-state index is 0.138. The van der Waals surface area contributed by atoms with Crippen LogP contribution in [-0.2, 0) is 19.0 Å². The summed E-state index contributed by atoms with van der Waals surface area (Å²) in [5.41, 5.74) is 5.23. The van der Waals surface area contributed by atoms with E-state index in [1.807, 2.05) is 0 Å². The van der Waals surface area contributed by atoms with E-state index in [1.165, 1.54) is 0 Å². The third kappa shape index (κ3) is 1.28. The highest BCUT2D eigenvalue weighted by atomic mass is 32.2. The third-order valence-corrected chi connectivity index (χ3v) is 3.93. The summed E-state index contributed by atoms with van der Waals surface area (Å²) in [5.74, 6) is -0.138. The van der Waals surface area contributed by atoms with Crippen LogP contribution < -0.4 is 5.73 Å². The molecule has 6 heteroatoms. The standard InChI is InChI=1S/C7H13NO4S/c1-4-6-7(2,8)5(11-4)3-13(9,10)12-6/h4-6H,3,8H2,1-2H3. The van der Waals surface area contributed by atoms with Gasteiger partial charge in [-0.15, -0.1) is 0 Å². The van der Waals surface area contributed by atoms with Crippen LogP contribution in [0.3, 0.4) is 0 Å². The Morgan fingerprint density at radius 3 is 2.69 bits per heavy atom. The van der Waals surface area contributed by atoms with Crippen molar-refractivity contribution in [2.45, 2.75) is 37.7 Å². The molecule has 76 valence electrons. The number of hydrogen-bond donors (Lipinski definition) is 1. The van der Waals surface area contributed by atoms with E-state index in [0.29, 0.717) is 0 Å². The maximum Gasteiger partial charge on any atom is 0.270 e. The van der Waals surface area contributed by atoms with Crippen LogP contribution in [0.1, 0.15) is 13.8 Å². The highest BCUT2D eigenvalue weighted by Gasteiger charge is 2.57. The first-order valence-corrected chi connectivity index (χ1v) is 5.76. The zero-order chi connectivity index (χ0) is 9.85. The zero-order valence-electron chi connectivity index (χ0n) is 7.56. The van der Waals surface area contributed by atoms with E-state index in [1.54, 1.807) is 13.8 Å². The lowest BCUT2D eigenvalue weighted by Gasteiger charge is -2.34. The minimum atomic E-state index is -3.43. The molecule has 2 aliphatic rings. The first-order valence-electron chi connectivity index (χ1n) is 4.18. The van der Waals surface area contributed by atoms with Crippen molar-refractivity contribution in [2.24, 2.45) is 5.73 Å². The molecular formula is C7H13NO4S.